The van der Waals surface area contributed by atoms with Gasteiger partial charge in [-0.3, -0.25) is 14.5 Å². The van der Waals surface area contributed by atoms with Crippen LogP contribution in [0.3, 0.4) is 0 Å². The molecule has 0 saturated carbocycles. The van der Waals surface area contributed by atoms with Crippen LogP contribution in [0.4, 0.5) is 28.9 Å². The van der Waals surface area contributed by atoms with E-state index in [2.05, 4.69) is 20.1 Å². The van der Waals surface area contributed by atoms with Crippen molar-refractivity contribution in [1.82, 2.24) is 14.8 Å². The van der Waals surface area contributed by atoms with Gasteiger partial charge in [0.1, 0.15) is 5.82 Å². The SMILES string of the molecule is CN1CCN(c2ccc(-c3cccc(CN4CCOCC4)c3F)cc2NC(=O)c2c[nH]c(=O)cc2C(F)(F)F)CC1. The third kappa shape index (κ3) is 6.61. The molecule has 0 spiro atoms. The van der Waals surface area contributed by atoms with E-state index < -0.39 is 34.6 Å². The molecule has 1 aromatic heterocycles. The molecule has 3 aromatic rings. The van der Waals surface area contributed by atoms with Gasteiger partial charge in [-0.05, 0) is 24.7 Å². The molecule has 0 unspecified atom stereocenters. The minimum atomic E-state index is -4.91. The Kier molecular flexibility index (Phi) is 8.43. The van der Waals surface area contributed by atoms with Crippen LogP contribution in [-0.4, -0.2) is 80.2 Å². The number of aromatic amines is 1. The summed E-state index contributed by atoms with van der Waals surface area (Å²) in [6.45, 7) is 5.76. The van der Waals surface area contributed by atoms with Gasteiger partial charge in [0.15, 0.2) is 0 Å². The Morgan fingerprint density at radius 2 is 1.76 bits per heavy atom. The second-order valence-electron chi connectivity index (χ2n) is 10.3. The molecule has 0 radical (unpaired) electrons. The van der Waals surface area contributed by atoms with Gasteiger partial charge in [0.25, 0.3) is 5.91 Å². The molecule has 2 aromatic carbocycles. The molecule has 2 saturated heterocycles. The lowest BCUT2D eigenvalue weighted by Crippen LogP contribution is -2.44. The molecular weight excluding hydrogens is 542 g/mol. The number of halogens is 4. The Labute approximate surface area is 234 Å². The molecule has 5 rings (SSSR count). The largest absolute Gasteiger partial charge is 0.417 e. The van der Waals surface area contributed by atoms with Gasteiger partial charge in [0.05, 0.1) is 35.7 Å². The maximum absolute atomic E-state index is 15.8. The lowest BCUT2D eigenvalue weighted by molar-refractivity contribution is -0.138. The van der Waals surface area contributed by atoms with Crippen molar-refractivity contribution in [2.24, 2.45) is 0 Å². The summed E-state index contributed by atoms with van der Waals surface area (Å²) in [6, 6.07) is 10.6. The van der Waals surface area contributed by atoms with Crippen LogP contribution < -0.4 is 15.8 Å². The first-order chi connectivity index (χ1) is 19.6. The van der Waals surface area contributed by atoms with Gasteiger partial charge in [0, 0.05) is 69.2 Å². The molecule has 1 amide bonds. The van der Waals surface area contributed by atoms with E-state index in [1.807, 2.05) is 11.9 Å². The van der Waals surface area contributed by atoms with Crippen LogP contribution in [0.1, 0.15) is 21.5 Å². The van der Waals surface area contributed by atoms with Gasteiger partial charge in [-0.25, -0.2) is 4.39 Å². The number of H-pyrrole nitrogens is 1. The quantitative estimate of drug-likeness (QED) is 0.434. The minimum Gasteiger partial charge on any atom is -0.379 e. The van der Waals surface area contributed by atoms with Crippen LogP contribution in [0.15, 0.2) is 53.5 Å². The first-order valence-corrected chi connectivity index (χ1v) is 13.4. The average molecular weight is 574 g/mol. The van der Waals surface area contributed by atoms with Crippen molar-refractivity contribution < 1.29 is 27.1 Å². The molecule has 2 aliphatic heterocycles. The number of aromatic nitrogens is 1. The summed E-state index contributed by atoms with van der Waals surface area (Å²) in [4.78, 5) is 33.3. The highest BCUT2D eigenvalue weighted by Gasteiger charge is 2.36. The highest BCUT2D eigenvalue weighted by Crippen LogP contribution is 2.36. The van der Waals surface area contributed by atoms with Crippen LogP contribution in [-0.2, 0) is 17.5 Å². The van der Waals surface area contributed by atoms with Gasteiger partial charge in [0.2, 0.25) is 5.56 Å². The monoisotopic (exact) mass is 573 g/mol. The van der Waals surface area contributed by atoms with Crippen LogP contribution in [0.2, 0.25) is 0 Å². The minimum absolute atomic E-state index is 0.245. The van der Waals surface area contributed by atoms with E-state index in [9.17, 15) is 22.8 Å². The number of piperazine rings is 1. The molecule has 2 aliphatic rings. The summed E-state index contributed by atoms with van der Waals surface area (Å²) in [6.07, 6.45) is -4.15. The van der Waals surface area contributed by atoms with Crippen molar-refractivity contribution in [2.45, 2.75) is 12.7 Å². The third-order valence-electron chi connectivity index (χ3n) is 7.45. The summed E-state index contributed by atoms with van der Waals surface area (Å²) < 4.78 is 62.2. The summed E-state index contributed by atoms with van der Waals surface area (Å²) >= 11 is 0. The van der Waals surface area contributed by atoms with E-state index in [0.717, 1.165) is 19.3 Å². The number of alkyl halides is 3. The normalized spacial score (nSPS) is 17.0. The fourth-order valence-electron chi connectivity index (χ4n) is 5.14. The number of rotatable bonds is 6. The molecule has 41 heavy (non-hydrogen) atoms. The second kappa shape index (κ2) is 12.0. The Balaban J connectivity index is 1.51. The van der Waals surface area contributed by atoms with Crippen molar-refractivity contribution in [2.75, 3.05) is 69.7 Å². The number of carbonyl (C=O) groups is 1. The number of morpholine rings is 1. The number of hydrogen-bond donors (Lipinski definition) is 2. The van der Waals surface area contributed by atoms with E-state index >= 15 is 4.39 Å². The number of pyridine rings is 1. The highest BCUT2D eigenvalue weighted by molar-refractivity contribution is 6.07. The lowest BCUT2D eigenvalue weighted by Gasteiger charge is -2.35. The predicted octanol–water partition coefficient (Wildman–Crippen LogP) is 4.04. The molecule has 2 N–H and O–H groups in total. The Morgan fingerprint density at radius 3 is 2.46 bits per heavy atom. The van der Waals surface area contributed by atoms with Crippen molar-refractivity contribution in [3.05, 3.63) is 81.5 Å². The van der Waals surface area contributed by atoms with E-state index in [1.165, 1.54) is 0 Å². The zero-order chi connectivity index (χ0) is 29.1. The van der Waals surface area contributed by atoms with E-state index in [-0.39, 0.29) is 5.69 Å². The first kappa shape index (κ1) is 28.8. The van der Waals surface area contributed by atoms with E-state index in [0.29, 0.717) is 74.4 Å². The van der Waals surface area contributed by atoms with Gasteiger partial charge >= 0.3 is 6.18 Å². The van der Waals surface area contributed by atoms with Crippen molar-refractivity contribution in [3.63, 3.8) is 0 Å². The fourth-order valence-corrected chi connectivity index (χ4v) is 5.14. The number of likely N-dealkylation sites (N-methyl/N-ethyl adjacent to an activating group) is 1. The van der Waals surface area contributed by atoms with Crippen LogP contribution in [0, 0.1) is 5.82 Å². The zero-order valence-electron chi connectivity index (χ0n) is 22.6. The van der Waals surface area contributed by atoms with Gasteiger partial charge < -0.3 is 24.8 Å². The number of nitrogens with one attached hydrogen (secondary N) is 2. The molecule has 12 heteroatoms. The van der Waals surface area contributed by atoms with Crippen molar-refractivity contribution >= 4 is 17.3 Å². The number of ether oxygens (including phenoxy) is 1. The number of benzene rings is 2. The van der Waals surface area contributed by atoms with Gasteiger partial charge in [-0.2, -0.15) is 13.2 Å². The van der Waals surface area contributed by atoms with E-state index in [4.69, 9.17) is 4.74 Å². The van der Waals surface area contributed by atoms with Crippen molar-refractivity contribution in [1.29, 1.82) is 0 Å². The third-order valence-corrected chi connectivity index (χ3v) is 7.45. The molecule has 0 atom stereocenters. The molecular formula is C29H31F4N5O3. The fraction of sp³-hybridized carbons (Fsp3) is 0.379. The van der Waals surface area contributed by atoms with Gasteiger partial charge in [-0.15, -0.1) is 0 Å². The van der Waals surface area contributed by atoms with Crippen LogP contribution in [0.25, 0.3) is 11.1 Å². The predicted molar refractivity (Wildman–Crippen MR) is 148 cm³/mol. The summed E-state index contributed by atoms with van der Waals surface area (Å²) in [5.41, 5.74) is -0.869. The zero-order valence-corrected chi connectivity index (χ0v) is 22.6. The number of anilines is 2. The summed E-state index contributed by atoms with van der Waals surface area (Å²) in [5, 5.41) is 2.62. The van der Waals surface area contributed by atoms with Crippen LogP contribution in [0.5, 0.6) is 0 Å². The molecule has 0 bridgehead atoms. The summed E-state index contributed by atoms with van der Waals surface area (Å²) in [7, 11) is 1.99. The molecule has 3 heterocycles. The smallest absolute Gasteiger partial charge is 0.379 e. The Morgan fingerprint density at radius 1 is 1.02 bits per heavy atom. The number of carbonyl (C=O) groups excluding carboxylic acids is 1. The van der Waals surface area contributed by atoms with Crippen LogP contribution >= 0.6 is 0 Å². The molecule has 0 aliphatic carbocycles. The first-order valence-electron chi connectivity index (χ1n) is 13.4. The standard InChI is InChI=1S/C29H31F4N5O3/c1-36-7-9-38(10-8-36)25-6-5-19(21-4-2-3-20(27(21)30)18-37-11-13-41-14-12-37)15-24(25)35-28(40)22-17-34-26(39)16-23(22)29(31,32)33/h2-6,15-17H,7-14,18H2,1H3,(H,34,39)(H,35,40). The second-order valence-corrected chi connectivity index (χ2v) is 10.3. The topological polar surface area (TPSA) is 80.9 Å². The number of nitrogens with zero attached hydrogens (tertiary/aromatic N) is 3. The van der Waals surface area contributed by atoms with E-state index in [1.54, 1.807) is 36.4 Å². The maximum Gasteiger partial charge on any atom is 0.417 e. The highest BCUT2D eigenvalue weighted by atomic mass is 19.4. The van der Waals surface area contributed by atoms with Crippen molar-refractivity contribution in [3.8, 4) is 11.1 Å². The Hall–Kier alpha value is -3.74. The summed E-state index contributed by atoms with van der Waals surface area (Å²) in [5.74, 6) is -1.44. The average Bonchev–Trinajstić information content (AvgIpc) is 2.95. The number of hydrogen-bond acceptors (Lipinski definition) is 6. The Bertz CT molecular complexity index is 1460. The molecule has 2 fully saturated rings. The molecule has 8 nitrogen and oxygen atoms in total. The van der Waals surface area contributed by atoms with Gasteiger partial charge in [-0.1, -0.05) is 24.3 Å². The number of amides is 1. The molecule has 218 valence electrons. The lowest BCUT2D eigenvalue weighted by atomic mass is 9.99. The maximum atomic E-state index is 15.8.